The van der Waals surface area contributed by atoms with Crippen molar-refractivity contribution in [3.05, 3.63) is 58.9 Å². The molecule has 1 fully saturated rings. The summed E-state index contributed by atoms with van der Waals surface area (Å²) in [6.45, 7) is 4.15. The maximum Gasteiger partial charge on any atom is 0.227 e. The van der Waals surface area contributed by atoms with Crippen LogP contribution in [-0.2, 0) is 11.2 Å². The monoisotopic (exact) mass is 424 g/mol. The Bertz CT molecular complexity index is 1010. The van der Waals surface area contributed by atoms with Crippen LogP contribution in [0.25, 0.3) is 11.4 Å². The van der Waals surface area contributed by atoms with E-state index in [9.17, 15) is 4.79 Å². The van der Waals surface area contributed by atoms with Gasteiger partial charge in [-0.3, -0.25) is 4.79 Å². The number of anilines is 2. The summed E-state index contributed by atoms with van der Waals surface area (Å²) in [6, 6.07) is 13.7. The Kier molecular flexibility index (Phi) is 6.33. The maximum absolute atomic E-state index is 12.2. The predicted molar refractivity (Wildman–Crippen MR) is 119 cm³/mol. The number of rotatable bonds is 6. The zero-order valence-electron chi connectivity index (χ0n) is 17.0. The van der Waals surface area contributed by atoms with Crippen LogP contribution in [0, 0.1) is 6.92 Å². The van der Waals surface area contributed by atoms with E-state index in [4.69, 9.17) is 16.1 Å². The second-order valence-corrected chi connectivity index (χ2v) is 8.03. The third-order valence-corrected chi connectivity index (χ3v) is 5.74. The van der Waals surface area contributed by atoms with Crippen LogP contribution in [0.3, 0.4) is 0 Å². The molecule has 0 saturated carbocycles. The Balaban J connectivity index is 1.32. The fourth-order valence-electron chi connectivity index (χ4n) is 3.56. The van der Waals surface area contributed by atoms with Gasteiger partial charge in [0.1, 0.15) is 0 Å². The van der Waals surface area contributed by atoms with Gasteiger partial charge in [0.15, 0.2) is 0 Å². The number of carbonyl (C=O) groups excluding carboxylic acids is 1. The average Bonchev–Trinajstić information content (AvgIpc) is 3.25. The highest BCUT2D eigenvalue weighted by Crippen LogP contribution is 2.24. The lowest BCUT2D eigenvalue weighted by molar-refractivity contribution is -0.116. The third-order valence-electron chi connectivity index (χ3n) is 5.34. The highest BCUT2D eigenvalue weighted by Gasteiger charge is 2.14. The molecule has 1 amide bonds. The molecule has 1 aromatic heterocycles. The third kappa shape index (κ3) is 5.00. The largest absolute Gasteiger partial charge is 0.372 e. The number of nitrogens with zero attached hydrogens (tertiary/aromatic N) is 3. The predicted octanol–water partition coefficient (Wildman–Crippen LogP) is 5.26. The molecule has 4 rings (SSSR count). The van der Waals surface area contributed by atoms with Gasteiger partial charge in [-0.2, -0.15) is 4.98 Å². The minimum Gasteiger partial charge on any atom is -0.372 e. The number of benzene rings is 2. The van der Waals surface area contributed by atoms with E-state index >= 15 is 0 Å². The van der Waals surface area contributed by atoms with Gasteiger partial charge < -0.3 is 14.7 Å². The quantitative estimate of drug-likeness (QED) is 0.584. The van der Waals surface area contributed by atoms with Crippen LogP contribution in [0.4, 0.5) is 11.4 Å². The number of halogens is 1. The Hall–Kier alpha value is -2.86. The van der Waals surface area contributed by atoms with Crippen molar-refractivity contribution in [3.8, 4) is 11.4 Å². The topological polar surface area (TPSA) is 71.3 Å². The molecule has 0 spiro atoms. The molecule has 1 saturated heterocycles. The summed E-state index contributed by atoms with van der Waals surface area (Å²) in [5.41, 5.74) is 3.78. The highest BCUT2D eigenvalue weighted by molar-refractivity contribution is 6.31. The molecule has 1 N–H and O–H groups in total. The Morgan fingerprint density at radius 3 is 2.63 bits per heavy atom. The van der Waals surface area contributed by atoms with Gasteiger partial charge in [-0.25, -0.2) is 0 Å². The number of piperidine rings is 1. The smallest absolute Gasteiger partial charge is 0.227 e. The number of aromatic nitrogens is 2. The number of aryl methyl sites for hydroxylation is 2. The van der Waals surface area contributed by atoms with Crippen molar-refractivity contribution in [2.24, 2.45) is 0 Å². The van der Waals surface area contributed by atoms with E-state index in [1.165, 1.54) is 24.9 Å². The second-order valence-electron chi connectivity index (χ2n) is 7.62. The van der Waals surface area contributed by atoms with E-state index in [0.29, 0.717) is 28.8 Å². The fourth-order valence-corrected chi connectivity index (χ4v) is 3.74. The fraction of sp³-hybridized carbons (Fsp3) is 0.348. The molecule has 156 valence electrons. The number of hydrogen-bond donors (Lipinski definition) is 1. The van der Waals surface area contributed by atoms with Crippen molar-refractivity contribution in [1.29, 1.82) is 0 Å². The van der Waals surface area contributed by atoms with Crippen LogP contribution >= 0.6 is 11.6 Å². The summed E-state index contributed by atoms with van der Waals surface area (Å²) in [4.78, 5) is 19.0. The van der Waals surface area contributed by atoms with E-state index in [1.54, 1.807) is 6.07 Å². The molecule has 1 aliphatic rings. The van der Waals surface area contributed by atoms with Crippen molar-refractivity contribution in [2.75, 3.05) is 23.3 Å². The van der Waals surface area contributed by atoms with Crippen molar-refractivity contribution < 1.29 is 9.32 Å². The zero-order chi connectivity index (χ0) is 20.9. The first-order valence-electron chi connectivity index (χ1n) is 10.3. The summed E-state index contributed by atoms with van der Waals surface area (Å²) >= 11 is 6.10. The molecule has 2 heterocycles. The standard InChI is InChI=1S/C23H25ClN4O2/c1-16-5-8-18(15-20(16)24)25-21(29)11-12-22-26-23(27-30-22)17-6-9-19(10-7-17)28-13-3-2-4-14-28/h5-10,15H,2-4,11-14H2,1H3,(H,25,29). The zero-order valence-corrected chi connectivity index (χ0v) is 17.8. The first-order valence-corrected chi connectivity index (χ1v) is 10.7. The van der Waals surface area contributed by atoms with Crippen LogP contribution in [0.15, 0.2) is 47.0 Å². The van der Waals surface area contributed by atoms with Crippen LogP contribution in [0.5, 0.6) is 0 Å². The van der Waals surface area contributed by atoms with E-state index in [-0.39, 0.29) is 12.3 Å². The molecule has 0 aliphatic carbocycles. The van der Waals surface area contributed by atoms with Crippen molar-refractivity contribution in [2.45, 2.75) is 39.0 Å². The van der Waals surface area contributed by atoms with Gasteiger partial charge in [0.2, 0.25) is 17.6 Å². The normalized spacial score (nSPS) is 14.0. The van der Waals surface area contributed by atoms with E-state index in [0.717, 1.165) is 24.2 Å². The molecular formula is C23H25ClN4O2. The molecule has 6 nitrogen and oxygen atoms in total. The molecule has 0 atom stereocenters. The lowest BCUT2D eigenvalue weighted by Crippen LogP contribution is -2.29. The molecule has 1 aliphatic heterocycles. The summed E-state index contributed by atoms with van der Waals surface area (Å²) in [6.07, 6.45) is 4.45. The lowest BCUT2D eigenvalue weighted by atomic mass is 10.1. The lowest BCUT2D eigenvalue weighted by Gasteiger charge is -2.28. The summed E-state index contributed by atoms with van der Waals surface area (Å²) in [5.74, 6) is 0.865. The van der Waals surface area contributed by atoms with Crippen LogP contribution in [0.1, 0.15) is 37.1 Å². The summed E-state index contributed by atoms with van der Waals surface area (Å²) in [5, 5.41) is 7.53. The minimum absolute atomic E-state index is 0.124. The van der Waals surface area contributed by atoms with Gasteiger partial charge in [0.05, 0.1) is 0 Å². The first-order chi connectivity index (χ1) is 14.6. The highest BCUT2D eigenvalue weighted by atomic mass is 35.5. The van der Waals surface area contributed by atoms with E-state index < -0.39 is 0 Å². The first kappa shape index (κ1) is 20.4. The number of carbonyl (C=O) groups is 1. The summed E-state index contributed by atoms with van der Waals surface area (Å²) in [7, 11) is 0. The van der Waals surface area contributed by atoms with E-state index in [1.807, 2.05) is 31.2 Å². The Morgan fingerprint density at radius 2 is 1.90 bits per heavy atom. The number of nitrogens with one attached hydrogen (secondary N) is 1. The van der Waals surface area contributed by atoms with E-state index in [2.05, 4.69) is 32.5 Å². The van der Waals surface area contributed by atoms with Gasteiger partial charge >= 0.3 is 0 Å². The molecule has 0 bridgehead atoms. The van der Waals surface area contributed by atoms with Gasteiger partial charge in [0.25, 0.3) is 0 Å². The van der Waals surface area contributed by atoms with Gasteiger partial charge in [0, 0.05) is 47.9 Å². The molecule has 0 unspecified atom stereocenters. The molecule has 2 aromatic carbocycles. The van der Waals surface area contributed by atoms with Gasteiger partial charge in [-0.05, 0) is 68.1 Å². The van der Waals surface area contributed by atoms with Crippen molar-refractivity contribution in [1.82, 2.24) is 10.1 Å². The number of hydrogen-bond acceptors (Lipinski definition) is 5. The van der Waals surface area contributed by atoms with Crippen molar-refractivity contribution >= 4 is 28.9 Å². The molecule has 3 aromatic rings. The molecule has 30 heavy (non-hydrogen) atoms. The minimum atomic E-state index is -0.124. The van der Waals surface area contributed by atoms with Crippen molar-refractivity contribution in [3.63, 3.8) is 0 Å². The van der Waals surface area contributed by atoms with Crippen LogP contribution < -0.4 is 10.2 Å². The van der Waals surface area contributed by atoms with Gasteiger partial charge in [-0.15, -0.1) is 0 Å². The van der Waals surface area contributed by atoms with Gasteiger partial charge in [-0.1, -0.05) is 22.8 Å². The number of amides is 1. The Morgan fingerprint density at radius 1 is 1.13 bits per heavy atom. The summed E-state index contributed by atoms with van der Waals surface area (Å²) < 4.78 is 5.33. The molecular weight excluding hydrogens is 400 g/mol. The average molecular weight is 425 g/mol. The maximum atomic E-state index is 12.2. The van der Waals surface area contributed by atoms with Crippen LogP contribution in [-0.4, -0.2) is 29.1 Å². The van der Waals surface area contributed by atoms with Crippen LogP contribution in [0.2, 0.25) is 5.02 Å². The Labute approximate surface area is 181 Å². The second kappa shape index (κ2) is 9.30. The SMILES string of the molecule is Cc1ccc(NC(=O)CCc2nc(-c3ccc(N4CCCCC4)cc3)no2)cc1Cl. The molecule has 7 heteroatoms. The molecule has 0 radical (unpaired) electrons.